The van der Waals surface area contributed by atoms with Crippen LogP contribution in [0.2, 0.25) is 10.0 Å². The lowest BCUT2D eigenvalue weighted by Gasteiger charge is -2.10. The molecular weight excluding hydrogens is 467 g/mol. The van der Waals surface area contributed by atoms with Crippen molar-refractivity contribution in [2.75, 3.05) is 17.7 Å². The van der Waals surface area contributed by atoms with Crippen LogP contribution in [0.25, 0.3) is 0 Å². The highest BCUT2D eigenvalue weighted by Gasteiger charge is 2.14. The lowest BCUT2D eigenvalue weighted by molar-refractivity contribution is -0.113. The van der Waals surface area contributed by atoms with Crippen molar-refractivity contribution in [2.45, 2.75) is 45.3 Å². The number of hydrogen-bond acceptors (Lipinski definition) is 5. The first kappa shape index (κ1) is 24.4. The molecule has 0 fully saturated rings. The topological polar surface area (TPSA) is 69.0 Å². The van der Waals surface area contributed by atoms with Crippen LogP contribution in [0.4, 0.5) is 5.69 Å². The molecule has 9 heteroatoms. The highest BCUT2D eigenvalue weighted by molar-refractivity contribution is 7.99. The van der Waals surface area contributed by atoms with Gasteiger partial charge in [-0.1, -0.05) is 41.0 Å². The van der Waals surface area contributed by atoms with Crippen LogP contribution in [0.3, 0.4) is 0 Å². The molecule has 2 aromatic carbocycles. The number of carbonyl (C=O) groups excluding carboxylic acids is 1. The third-order valence-corrected chi connectivity index (χ3v) is 6.29. The molecule has 0 saturated carbocycles. The Kier molecular flexibility index (Phi) is 8.84. The van der Waals surface area contributed by atoms with Crippen molar-refractivity contribution >= 4 is 46.6 Å². The van der Waals surface area contributed by atoms with Crippen molar-refractivity contribution in [2.24, 2.45) is 0 Å². The van der Waals surface area contributed by atoms with Crippen molar-refractivity contribution in [3.8, 4) is 5.75 Å². The van der Waals surface area contributed by atoms with Gasteiger partial charge in [0.2, 0.25) is 5.91 Å². The lowest BCUT2D eigenvalue weighted by Crippen LogP contribution is -2.15. The normalized spacial score (nSPS) is 10.9. The van der Waals surface area contributed by atoms with Gasteiger partial charge in [-0.15, -0.1) is 10.2 Å². The number of nitrogens with one attached hydrogen (secondary N) is 1. The number of rotatable bonds is 10. The average molecular weight is 493 g/mol. The predicted molar refractivity (Wildman–Crippen MR) is 131 cm³/mol. The summed E-state index contributed by atoms with van der Waals surface area (Å²) in [6, 6.07) is 11.0. The van der Waals surface area contributed by atoms with E-state index in [1.54, 1.807) is 12.1 Å². The quantitative estimate of drug-likeness (QED) is 0.279. The molecule has 32 heavy (non-hydrogen) atoms. The highest BCUT2D eigenvalue weighted by atomic mass is 35.5. The molecule has 0 aliphatic carbocycles. The van der Waals surface area contributed by atoms with Crippen molar-refractivity contribution in [3.63, 3.8) is 0 Å². The van der Waals surface area contributed by atoms with Crippen molar-refractivity contribution < 1.29 is 9.53 Å². The van der Waals surface area contributed by atoms with Gasteiger partial charge >= 0.3 is 0 Å². The zero-order valence-electron chi connectivity index (χ0n) is 18.3. The molecule has 0 unspecified atom stereocenters. The maximum atomic E-state index is 12.4. The molecule has 0 bridgehead atoms. The van der Waals surface area contributed by atoms with Crippen LogP contribution in [0, 0.1) is 13.8 Å². The summed E-state index contributed by atoms with van der Waals surface area (Å²) >= 11 is 13.4. The van der Waals surface area contributed by atoms with E-state index >= 15 is 0 Å². The van der Waals surface area contributed by atoms with Gasteiger partial charge in [0.1, 0.15) is 11.6 Å². The van der Waals surface area contributed by atoms with E-state index in [2.05, 4.69) is 15.5 Å². The molecule has 0 aliphatic heterocycles. The van der Waals surface area contributed by atoms with Gasteiger partial charge in [0.05, 0.1) is 12.4 Å². The zero-order chi connectivity index (χ0) is 23.1. The standard InChI is InChI=1S/C23H26Cl2N4O2S/c1-4-29-21(6-5-11-31-20-10-9-17(24)12-16(20)3)27-28-23(29)32-14-22(30)26-19-13-18(25)8-7-15(19)2/h7-10,12-13H,4-6,11,14H2,1-3H3,(H,26,30). The fraction of sp³-hybridized carbons (Fsp3) is 0.348. The van der Waals surface area contributed by atoms with Crippen LogP contribution in [-0.2, 0) is 17.8 Å². The monoisotopic (exact) mass is 492 g/mol. The molecule has 0 spiro atoms. The van der Waals surface area contributed by atoms with E-state index in [0.29, 0.717) is 16.7 Å². The number of anilines is 1. The highest BCUT2D eigenvalue weighted by Crippen LogP contribution is 2.23. The molecule has 0 saturated heterocycles. The van der Waals surface area contributed by atoms with Crippen LogP contribution < -0.4 is 10.1 Å². The third kappa shape index (κ3) is 6.64. The second kappa shape index (κ2) is 11.6. The van der Waals surface area contributed by atoms with Gasteiger partial charge in [-0.3, -0.25) is 4.79 Å². The Morgan fingerprint density at radius 1 is 1.09 bits per heavy atom. The second-order valence-electron chi connectivity index (χ2n) is 7.30. The maximum Gasteiger partial charge on any atom is 0.234 e. The SMILES string of the molecule is CCn1c(CCCOc2ccc(Cl)cc2C)nnc1SCC(=O)Nc1cc(Cl)ccc1C. The number of hydrogen-bond donors (Lipinski definition) is 1. The Balaban J connectivity index is 1.50. The predicted octanol–water partition coefficient (Wildman–Crippen LogP) is 5.96. The lowest BCUT2D eigenvalue weighted by atomic mass is 10.2. The summed E-state index contributed by atoms with van der Waals surface area (Å²) in [5.41, 5.74) is 2.69. The summed E-state index contributed by atoms with van der Waals surface area (Å²) in [5, 5.41) is 13.5. The smallest absolute Gasteiger partial charge is 0.234 e. The summed E-state index contributed by atoms with van der Waals surface area (Å²) in [7, 11) is 0. The van der Waals surface area contributed by atoms with Gasteiger partial charge in [0, 0.05) is 28.7 Å². The van der Waals surface area contributed by atoms with Crippen molar-refractivity contribution in [1.82, 2.24) is 14.8 Å². The Morgan fingerprint density at radius 2 is 1.84 bits per heavy atom. The fourth-order valence-electron chi connectivity index (χ4n) is 3.16. The first-order chi connectivity index (χ1) is 15.4. The average Bonchev–Trinajstić information content (AvgIpc) is 3.15. The molecule has 6 nitrogen and oxygen atoms in total. The van der Waals surface area contributed by atoms with E-state index in [1.165, 1.54) is 11.8 Å². The Hall–Kier alpha value is -2.22. The van der Waals surface area contributed by atoms with Crippen LogP contribution in [-0.4, -0.2) is 33.0 Å². The van der Waals surface area contributed by atoms with E-state index in [9.17, 15) is 4.79 Å². The summed E-state index contributed by atoms with van der Waals surface area (Å²) < 4.78 is 7.90. The van der Waals surface area contributed by atoms with Gasteiger partial charge in [-0.05, 0) is 68.7 Å². The minimum atomic E-state index is -0.112. The number of nitrogens with zero attached hydrogens (tertiary/aromatic N) is 3. The number of aromatic nitrogens is 3. The number of carbonyl (C=O) groups is 1. The van der Waals surface area contributed by atoms with E-state index in [0.717, 1.165) is 52.9 Å². The zero-order valence-corrected chi connectivity index (χ0v) is 20.7. The fourth-order valence-corrected chi connectivity index (χ4v) is 4.38. The van der Waals surface area contributed by atoms with E-state index in [1.807, 2.05) is 49.6 Å². The number of benzene rings is 2. The number of halogens is 2. The van der Waals surface area contributed by atoms with Crippen LogP contribution in [0.15, 0.2) is 41.6 Å². The molecule has 0 radical (unpaired) electrons. The molecule has 1 N–H and O–H groups in total. The number of aryl methyl sites for hydroxylation is 3. The Bertz CT molecular complexity index is 1090. The maximum absolute atomic E-state index is 12.4. The summed E-state index contributed by atoms with van der Waals surface area (Å²) in [6.45, 7) is 7.25. The Labute approximate surface area is 202 Å². The largest absolute Gasteiger partial charge is 0.493 e. The van der Waals surface area contributed by atoms with E-state index in [4.69, 9.17) is 27.9 Å². The third-order valence-electron chi connectivity index (χ3n) is 4.86. The van der Waals surface area contributed by atoms with Gasteiger partial charge in [0.15, 0.2) is 5.16 Å². The molecule has 170 valence electrons. The molecule has 3 aromatic rings. The molecule has 0 aliphatic rings. The first-order valence-corrected chi connectivity index (χ1v) is 12.1. The minimum Gasteiger partial charge on any atom is -0.493 e. The molecule has 1 heterocycles. The van der Waals surface area contributed by atoms with Crippen LogP contribution >= 0.6 is 35.0 Å². The molecule has 1 aromatic heterocycles. The molecule has 1 amide bonds. The number of thioether (sulfide) groups is 1. The number of amides is 1. The van der Waals surface area contributed by atoms with Crippen molar-refractivity contribution in [1.29, 1.82) is 0 Å². The molecule has 3 rings (SSSR count). The summed E-state index contributed by atoms with van der Waals surface area (Å²) in [6.07, 6.45) is 1.54. The second-order valence-corrected chi connectivity index (χ2v) is 9.12. The molecule has 0 atom stereocenters. The molecular formula is C23H26Cl2N4O2S. The van der Waals surface area contributed by atoms with Gasteiger partial charge in [-0.2, -0.15) is 0 Å². The van der Waals surface area contributed by atoms with E-state index < -0.39 is 0 Å². The Morgan fingerprint density at radius 3 is 2.59 bits per heavy atom. The first-order valence-electron chi connectivity index (χ1n) is 10.4. The van der Waals surface area contributed by atoms with Gasteiger partial charge < -0.3 is 14.6 Å². The van der Waals surface area contributed by atoms with Crippen LogP contribution in [0.5, 0.6) is 5.75 Å². The minimum absolute atomic E-state index is 0.112. The number of ether oxygens (including phenoxy) is 1. The van der Waals surface area contributed by atoms with E-state index in [-0.39, 0.29) is 11.7 Å². The van der Waals surface area contributed by atoms with Crippen molar-refractivity contribution in [3.05, 3.63) is 63.4 Å². The van der Waals surface area contributed by atoms with Gasteiger partial charge in [-0.25, -0.2) is 0 Å². The summed E-state index contributed by atoms with van der Waals surface area (Å²) in [4.78, 5) is 12.4. The van der Waals surface area contributed by atoms with Gasteiger partial charge in [0.25, 0.3) is 0 Å². The summed E-state index contributed by atoms with van der Waals surface area (Å²) in [5.74, 6) is 1.85. The van der Waals surface area contributed by atoms with Crippen LogP contribution in [0.1, 0.15) is 30.3 Å².